The van der Waals surface area contributed by atoms with E-state index in [1.165, 1.54) is 11.3 Å². The van der Waals surface area contributed by atoms with Crippen LogP contribution in [0.1, 0.15) is 36.3 Å². The van der Waals surface area contributed by atoms with Gasteiger partial charge in [-0.3, -0.25) is 0 Å². The Bertz CT molecular complexity index is 604. The molecule has 0 aliphatic heterocycles. The van der Waals surface area contributed by atoms with Crippen LogP contribution in [-0.4, -0.2) is 16.5 Å². The molecule has 2 aromatic rings. The monoisotopic (exact) mass is 262 g/mol. The third kappa shape index (κ3) is 2.39. The van der Waals surface area contributed by atoms with E-state index in [-0.39, 0.29) is 12.1 Å². The van der Waals surface area contributed by atoms with Crippen LogP contribution in [-0.2, 0) is 11.2 Å². The predicted octanol–water partition coefficient (Wildman–Crippen LogP) is 3.02. The zero-order valence-corrected chi connectivity index (χ0v) is 11.2. The van der Waals surface area contributed by atoms with Gasteiger partial charge in [-0.15, -0.1) is 11.3 Å². The zero-order chi connectivity index (χ0) is 13.1. The topological polar surface area (TPSA) is 54.5 Å². The van der Waals surface area contributed by atoms with Gasteiger partial charge >= 0.3 is 5.97 Å². The molecule has 0 amide bonds. The van der Waals surface area contributed by atoms with Gasteiger partial charge in [-0.1, -0.05) is 0 Å². The fourth-order valence-electron chi connectivity index (χ4n) is 1.74. The maximum atomic E-state index is 11.9. The van der Waals surface area contributed by atoms with Gasteiger partial charge in [0.05, 0.1) is 17.7 Å². The Kier molecular flexibility index (Phi) is 3.68. The van der Waals surface area contributed by atoms with Crippen molar-refractivity contribution in [2.45, 2.75) is 32.8 Å². The molecule has 0 aliphatic carbocycles. The van der Waals surface area contributed by atoms with E-state index in [4.69, 9.17) is 10.00 Å². The minimum Gasteiger partial charge on any atom is -0.459 e. The highest BCUT2D eigenvalue weighted by Gasteiger charge is 2.16. The maximum absolute atomic E-state index is 11.9. The standard InChI is InChI=1S/C13H14N2O2S/c1-9(2)17-13(16)11-5-7-15-10(4-3-6-14)8-18-12(11)15/h5,7-9H,3-4H2,1-2H3. The van der Waals surface area contributed by atoms with Crippen LogP contribution in [0.5, 0.6) is 0 Å². The highest BCUT2D eigenvalue weighted by atomic mass is 32.1. The third-order valence-corrected chi connectivity index (χ3v) is 3.54. The first-order chi connectivity index (χ1) is 8.63. The molecule has 4 nitrogen and oxygen atoms in total. The lowest BCUT2D eigenvalue weighted by molar-refractivity contribution is 0.0380. The predicted molar refractivity (Wildman–Crippen MR) is 69.8 cm³/mol. The van der Waals surface area contributed by atoms with E-state index < -0.39 is 0 Å². The summed E-state index contributed by atoms with van der Waals surface area (Å²) in [6.07, 6.45) is 2.92. The van der Waals surface area contributed by atoms with Crippen molar-refractivity contribution < 1.29 is 9.53 Å². The summed E-state index contributed by atoms with van der Waals surface area (Å²) < 4.78 is 7.15. The Labute approximate surface area is 109 Å². The number of rotatable bonds is 4. The third-order valence-electron chi connectivity index (χ3n) is 2.51. The number of hydrogen-bond donors (Lipinski definition) is 0. The number of aryl methyl sites for hydroxylation is 1. The second-order valence-corrected chi connectivity index (χ2v) is 5.10. The van der Waals surface area contributed by atoms with Crippen LogP contribution in [0.15, 0.2) is 17.6 Å². The molecule has 0 N–H and O–H groups in total. The molecule has 0 bridgehead atoms. The molecule has 2 aromatic heterocycles. The molecule has 0 unspecified atom stereocenters. The van der Waals surface area contributed by atoms with Gasteiger partial charge in [0.25, 0.3) is 0 Å². The van der Waals surface area contributed by atoms with E-state index in [2.05, 4.69) is 6.07 Å². The Balaban J connectivity index is 2.29. The second-order valence-electron chi connectivity index (χ2n) is 4.24. The van der Waals surface area contributed by atoms with Crippen LogP contribution in [0.4, 0.5) is 0 Å². The number of thiazole rings is 1. The number of hydrogen-bond acceptors (Lipinski definition) is 4. The minimum absolute atomic E-state index is 0.120. The zero-order valence-electron chi connectivity index (χ0n) is 10.3. The first-order valence-electron chi connectivity index (χ1n) is 5.79. The van der Waals surface area contributed by atoms with Crippen LogP contribution in [0.2, 0.25) is 0 Å². The second kappa shape index (κ2) is 5.23. The summed E-state index contributed by atoms with van der Waals surface area (Å²) in [7, 11) is 0. The molecule has 0 spiro atoms. The first-order valence-corrected chi connectivity index (χ1v) is 6.66. The number of ether oxygens (including phenoxy) is 1. The van der Waals surface area contributed by atoms with E-state index in [9.17, 15) is 4.79 Å². The molecule has 0 saturated carbocycles. The number of nitriles is 1. The number of fused-ring (bicyclic) bond motifs is 1. The molecule has 0 fully saturated rings. The first kappa shape index (κ1) is 12.7. The quantitative estimate of drug-likeness (QED) is 0.796. The summed E-state index contributed by atoms with van der Waals surface area (Å²) in [6, 6.07) is 3.90. The number of esters is 1. The van der Waals surface area contributed by atoms with Crippen molar-refractivity contribution in [2.75, 3.05) is 0 Å². The molecule has 94 valence electrons. The van der Waals surface area contributed by atoms with Crippen molar-refractivity contribution in [3.8, 4) is 6.07 Å². The van der Waals surface area contributed by atoms with Crippen molar-refractivity contribution >= 4 is 22.1 Å². The van der Waals surface area contributed by atoms with Gasteiger partial charge in [0.1, 0.15) is 4.83 Å². The van der Waals surface area contributed by atoms with E-state index in [0.717, 1.165) is 10.5 Å². The number of aromatic nitrogens is 1. The van der Waals surface area contributed by atoms with Gasteiger partial charge in [0.15, 0.2) is 0 Å². The number of nitrogens with zero attached hydrogens (tertiary/aromatic N) is 2. The van der Waals surface area contributed by atoms with Crippen molar-refractivity contribution in [3.63, 3.8) is 0 Å². The van der Waals surface area contributed by atoms with Crippen molar-refractivity contribution in [1.82, 2.24) is 4.40 Å². The Hall–Kier alpha value is -1.80. The van der Waals surface area contributed by atoms with Crippen LogP contribution < -0.4 is 0 Å². The molecule has 5 heteroatoms. The molecule has 0 atom stereocenters. The van der Waals surface area contributed by atoms with Gasteiger partial charge < -0.3 is 9.14 Å². The Morgan fingerprint density at radius 3 is 3.06 bits per heavy atom. The van der Waals surface area contributed by atoms with E-state index >= 15 is 0 Å². The van der Waals surface area contributed by atoms with Gasteiger partial charge in [-0.05, 0) is 19.9 Å². The normalized spacial score (nSPS) is 10.8. The van der Waals surface area contributed by atoms with E-state index in [0.29, 0.717) is 18.4 Å². The van der Waals surface area contributed by atoms with Gasteiger partial charge in [0.2, 0.25) is 0 Å². The molecular formula is C13H14N2O2S. The fraction of sp³-hybridized carbons (Fsp3) is 0.385. The van der Waals surface area contributed by atoms with Gasteiger partial charge in [-0.25, -0.2) is 4.79 Å². The van der Waals surface area contributed by atoms with Crippen LogP contribution in [0, 0.1) is 11.3 Å². The summed E-state index contributed by atoms with van der Waals surface area (Å²) in [5.41, 5.74) is 1.65. The molecule has 18 heavy (non-hydrogen) atoms. The van der Waals surface area contributed by atoms with Crippen LogP contribution >= 0.6 is 11.3 Å². The van der Waals surface area contributed by atoms with Gasteiger partial charge in [-0.2, -0.15) is 5.26 Å². The summed E-state index contributed by atoms with van der Waals surface area (Å²) in [4.78, 5) is 12.8. The highest BCUT2D eigenvalue weighted by Crippen LogP contribution is 2.24. The summed E-state index contributed by atoms with van der Waals surface area (Å²) >= 11 is 1.51. The lowest BCUT2D eigenvalue weighted by atomic mass is 10.3. The van der Waals surface area contributed by atoms with Crippen molar-refractivity contribution in [2.24, 2.45) is 0 Å². The minimum atomic E-state index is -0.291. The molecule has 0 aliphatic rings. The molecule has 2 heterocycles. The van der Waals surface area contributed by atoms with Crippen LogP contribution in [0.25, 0.3) is 4.83 Å². The number of carbonyl (C=O) groups is 1. The largest absolute Gasteiger partial charge is 0.459 e. The SMILES string of the molecule is CC(C)OC(=O)c1ccn2c(CCC#N)csc12. The lowest BCUT2D eigenvalue weighted by Crippen LogP contribution is -2.10. The maximum Gasteiger partial charge on any atom is 0.341 e. The Morgan fingerprint density at radius 2 is 2.39 bits per heavy atom. The molecular weight excluding hydrogens is 248 g/mol. The Morgan fingerprint density at radius 1 is 1.61 bits per heavy atom. The summed E-state index contributed by atoms with van der Waals surface area (Å²) in [5, 5.41) is 10.6. The van der Waals surface area contributed by atoms with E-state index in [1.807, 2.05) is 29.8 Å². The van der Waals surface area contributed by atoms with Gasteiger partial charge in [0, 0.05) is 30.1 Å². The summed E-state index contributed by atoms with van der Waals surface area (Å²) in [6.45, 7) is 3.66. The smallest absolute Gasteiger partial charge is 0.341 e. The van der Waals surface area contributed by atoms with Crippen LogP contribution in [0.3, 0.4) is 0 Å². The van der Waals surface area contributed by atoms with E-state index in [1.54, 1.807) is 6.07 Å². The van der Waals surface area contributed by atoms with Crippen molar-refractivity contribution in [3.05, 3.63) is 28.9 Å². The highest BCUT2D eigenvalue weighted by molar-refractivity contribution is 7.16. The molecule has 0 saturated heterocycles. The fourth-order valence-corrected chi connectivity index (χ4v) is 2.79. The average molecular weight is 262 g/mol. The van der Waals surface area contributed by atoms with Crippen molar-refractivity contribution in [1.29, 1.82) is 5.26 Å². The lowest BCUT2D eigenvalue weighted by Gasteiger charge is -2.05. The average Bonchev–Trinajstić information content (AvgIpc) is 2.86. The number of carbonyl (C=O) groups excluding carboxylic acids is 1. The molecule has 0 radical (unpaired) electrons. The summed E-state index contributed by atoms with van der Waals surface area (Å²) in [5.74, 6) is -0.291. The molecule has 2 rings (SSSR count). The molecule has 0 aromatic carbocycles.